The van der Waals surface area contributed by atoms with E-state index in [4.69, 9.17) is 0 Å². The Balaban J connectivity index is 0.00000128. The maximum absolute atomic E-state index is 11.6. The first-order valence-corrected chi connectivity index (χ1v) is 6.22. The van der Waals surface area contributed by atoms with Crippen LogP contribution in [0.3, 0.4) is 0 Å². The maximum Gasteiger partial charge on any atom is 0.220 e. The second-order valence-electron chi connectivity index (χ2n) is 3.92. The van der Waals surface area contributed by atoms with Crippen molar-refractivity contribution >= 4 is 29.7 Å². The fraction of sp³-hybridized carbons (Fsp3) is 0.545. The van der Waals surface area contributed by atoms with Gasteiger partial charge in [-0.05, 0) is 36.9 Å². The van der Waals surface area contributed by atoms with Gasteiger partial charge >= 0.3 is 0 Å². The Morgan fingerprint density at radius 3 is 3.12 bits per heavy atom. The Morgan fingerprint density at radius 1 is 1.62 bits per heavy atom. The number of thiophene rings is 1. The van der Waals surface area contributed by atoms with Crippen molar-refractivity contribution in [3.05, 3.63) is 22.4 Å². The number of hydrogen-bond donors (Lipinski definition) is 2. The van der Waals surface area contributed by atoms with E-state index in [1.54, 1.807) is 11.3 Å². The van der Waals surface area contributed by atoms with Crippen LogP contribution in [0.1, 0.15) is 17.7 Å². The first-order chi connectivity index (χ1) is 7.34. The molecule has 1 aliphatic heterocycles. The van der Waals surface area contributed by atoms with E-state index in [9.17, 15) is 4.79 Å². The van der Waals surface area contributed by atoms with Gasteiger partial charge in [0.1, 0.15) is 0 Å². The summed E-state index contributed by atoms with van der Waals surface area (Å²) in [4.78, 5) is 12.8. The van der Waals surface area contributed by atoms with Crippen molar-refractivity contribution in [1.29, 1.82) is 0 Å². The molecule has 16 heavy (non-hydrogen) atoms. The minimum absolute atomic E-state index is 0. The summed E-state index contributed by atoms with van der Waals surface area (Å²) in [6.45, 7) is 2.73. The second-order valence-corrected chi connectivity index (χ2v) is 4.95. The Bertz CT molecular complexity index is 310. The maximum atomic E-state index is 11.6. The molecule has 0 bridgehead atoms. The van der Waals surface area contributed by atoms with E-state index in [0.29, 0.717) is 18.9 Å². The largest absolute Gasteiger partial charge is 0.351 e. The normalized spacial score (nSPS) is 19.1. The van der Waals surface area contributed by atoms with Crippen LogP contribution in [0.5, 0.6) is 0 Å². The molecule has 0 saturated carbocycles. The molecule has 0 aliphatic carbocycles. The lowest BCUT2D eigenvalue weighted by molar-refractivity contribution is -0.122. The average molecular weight is 261 g/mol. The molecule has 1 atom stereocenters. The highest BCUT2D eigenvalue weighted by molar-refractivity contribution is 7.09. The number of hydrogen-bond acceptors (Lipinski definition) is 3. The summed E-state index contributed by atoms with van der Waals surface area (Å²) in [6.07, 6.45) is 1.80. The van der Waals surface area contributed by atoms with E-state index in [2.05, 4.69) is 10.6 Å². The van der Waals surface area contributed by atoms with Gasteiger partial charge in [0.05, 0.1) is 6.54 Å². The van der Waals surface area contributed by atoms with Crippen LogP contribution in [0.2, 0.25) is 0 Å². The van der Waals surface area contributed by atoms with Crippen molar-refractivity contribution in [3.63, 3.8) is 0 Å². The average Bonchev–Trinajstić information content (AvgIpc) is 2.86. The molecule has 2 N–H and O–H groups in total. The van der Waals surface area contributed by atoms with Crippen LogP contribution < -0.4 is 10.6 Å². The van der Waals surface area contributed by atoms with Gasteiger partial charge in [0.25, 0.3) is 0 Å². The summed E-state index contributed by atoms with van der Waals surface area (Å²) in [5.41, 5.74) is 0. The molecule has 1 amide bonds. The molecule has 1 aromatic rings. The lowest BCUT2D eigenvalue weighted by Gasteiger charge is -2.08. The number of halogens is 1. The van der Waals surface area contributed by atoms with Crippen molar-refractivity contribution in [3.8, 4) is 0 Å². The molecular formula is C11H17ClN2OS. The number of rotatable bonds is 4. The van der Waals surface area contributed by atoms with Crippen molar-refractivity contribution in [1.82, 2.24) is 10.6 Å². The highest BCUT2D eigenvalue weighted by atomic mass is 35.5. The molecule has 0 radical (unpaired) electrons. The van der Waals surface area contributed by atoms with Gasteiger partial charge in [-0.2, -0.15) is 0 Å². The predicted octanol–water partition coefficient (Wildman–Crippen LogP) is 1.79. The van der Waals surface area contributed by atoms with E-state index in [1.807, 2.05) is 17.5 Å². The topological polar surface area (TPSA) is 41.1 Å². The summed E-state index contributed by atoms with van der Waals surface area (Å²) in [5.74, 6) is 0.713. The summed E-state index contributed by atoms with van der Waals surface area (Å²) < 4.78 is 0. The SMILES string of the molecule is Cl.O=C(CC1CCNC1)NCc1cccs1. The fourth-order valence-corrected chi connectivity index (χ4v) is 2.47. The first-order valence-electron chi connectivity index (χ1n) is 5.34. The molecule has 90 valence electrons. The quantitative estimate of drug-likeness (QED) is 0.867. The molecule has 2 rings (SSSR count). The molecule has 2 heterocycles. The van der Waals surface area contributed by atoms with E-state index in [-0.39, 0.29) is 18.3 Å². The number of amides is 1. The summed E-state index contributed by atoms with van der Waals surface area (Å²) >= 11 is 1.68. The summed E-state index contributed by atoms with van der Waals surface area (Å²) in [7, 11) is 0. The van der Waals surface area contributed by atoms with Gasteiger partial charge in [-0.1, -0.05) is 6.07 Å². The minimum atomic E-state index is 0. The van der Waals surface area contributed by atoms with E-state index in [1.165, 1.54) is 4.88 Å². The molecule has 1 unspecified atom stereocenters. The first kappa shape index (κ1) is 13.5. The molecular weight excluding hydrogens is 244 g/mol. The van der Waals surface area contributed by atoms with Crippen LogP contribution in [0.25, 0.3) is 0 Å². The molecule has 1 fully saturated rings. The number of carbonyl (C=O) groups excluding carboxylic acids is 1. The monoisotopic (exact) mass is 260 g/mol. The van der Waals surface area contributed by atoms with Gasteiger partial charge in [-0.3, -0.25) is 4.79 Å². The lowest BCUT2D eigenvalue weighted by atomic mass is 10.0. The summed E-state index contributed by atoms with van der Waals surface area (Å²) in [5, 5.41) is 8.26. The Kier molecular flexibility index (Phi) is 5.80. The smallest absolute Gasteiger partial charge is 0.220 e. The van der Waals surface area contributed by atoms with E-state index in [0.717, 1.165) is 19.5 Å². The van der Waals surface area contributed by atoms with E-state index >= 15 is 0 Å². The van der Waals surface area contributed by atoms with Crippen molar-refractivity contribution < 1.29 is 4.79 Å². The number of nitrogens with one attached hydrogen (secondary N) is 2. The van der Waals surface area contributed by atoms with Gasteiger partial charge in [-0.25, -0.2) is 0 Å². The van der Waals surface area contributed by atoms with Crippen LogP contribution in [0.15, 0.2) is 17.5 Å². The highest BCUT2D eigenvalue weighted by Gasteiger charge is 2.17. The van der Waals surface area contributed by atoms with Crippen LogP contribution in [0.4, 0.5) is 0 Å². The molecule has 1 saturated heterocycles. The van der Waals surface area contributed by atoms with Crippen molar-refractivity contribution in [2.45, 2.75) is 19.4 Å². The van der Waals surface area contributed by atoms with Crippen LogP contribution in [-0.2, 0) is 11.3 Å². The van der Waals surface area contributed by atoms with Crippen molar-refractivity contribution in [2.75, 3.05) is 13.1 Å². The summed E-state index contributed by atoms with van der Waals surface area (Å²) in [6, 6.07) is 4.05. The zero-order valence-electron chi connectivity index (χ0n) is 9.07. The van der Waals surface area contributed by atoms with Gasteiger partial charge in [0, 0.05) is 11.3 Å². The highest BCUT2D eigenvalue weighted by Crippen LogP contribution is 2.12. The molecule has 3 nitrogen and oxygen atoms in total. The Labute approximate surface area is 106 Å². The molecule has 5 heteroatoms. The third-order valence-electron chi connectivity index (χ3n) is 2.68. The molecule has 1 aromatic heterocycles. The minimum Gasteiger partial charge on any atom is -0.351 e. The van der Waals surface area contributed by atoms with Gasteiger partial charge < -0.3 is 10.6 Å². The zero-order chi connectivity index (χ0) is 10.5. The second kappa shape index (κ2) is 6.89. The van der Waals surface area contributed by atoms with Gasteiger partial charge in [0.15, 0.2) is 0 Å². The standard InChI is InChI=1S/C11H16N2OS.ClH/c14-11(6-9-3-4-12-7-9)13-8-10-2-1-5-15-10;/h1-2,5,9,12H,3-4,6-8H2,(H,13,14);1H. The molecule has 1 aliphatic rings. The van der Waals surface area contributed by atoms with Crippen LogP contribution in [0, 0.1) is 5.92 Å². The lowest BCUT2D eigenvalue weighted by Crippen LogP contribution is -2.25. The third-order valence-corrected chi connectivity index (χ3v) is 3.55. The predicted molar refractivity (Wildman–Crippen MR) is 69.0 cm³/mol. The number of carbonyl (C=O) groups is 1. The third kappa shape index (κ3) is 4.12. The zero-order valence-corrected chi connectivity index (χ0v) is 10.7. The van der Waals surface area contributed by atoms with Gasteiger partial charge in [-0.15, -0.1) is 23.7 Å². The van der Waals surface area contributed by atoms with Crippen LogP contribution in [-0.4, -0.2) is 19.0 Å². The van der Waals surface area contributed by atoms with Crippen LogP contribution >= 0.6 is 23.7 Å². The van der Waals surface area contributed by atoms with E-state index < -0.39 is 0 Å². The van der Waals surface area contributed by atoms with Gasteiger partial charge in [0.2, 0.25) is 5.91 Å². The molecule has 0 aromatic carbocycles. The molecule has 0 spiro atoms. The van der Waals surface area contributed by atoms with Crippen molar-refractivity contribution in [2.24, 2.45) is 5.92 Å². The Hall–Kier alpha value is -0.580. The fourth-order valence-electron chi connectivity index (χ4n) is 1.82. The Morgan fingerprint density at radius 2 is 2.50 bits per heavy atom.